The third-order valence-electron chi connectivity index (χ3n) is 4.69. The van der Waals surface area contributed by atoms with E-state index in [1.807, 2.05) is 12.1 Å². The van der Waals surface area contributed by atoms with Crippen molar-refractivity contribution in [3.8, 4) is 11.1 Å². The van der Waals surface area contributed by atoms with Gasteiger partial charge in [0.15, 0.2) is 0 Å². The number of hydrogen-bond donors (Lipinski definition) is 2. The minimum atomic E-state index is 0.492. The van der Waals surface area contributed by atoms with Gasteiger partial charge in [-0.1, -0.05) is 41.9 Å². The number of thioether (sulfide) groups is 1. The van der Waals surface area contributed by atoms with Crippen molar-refractivity contribution in [3.05, 3.63) is 59.1 Å². The molecule has 0 bridgehead atoms. The molecular formula is C21H27ClN2OS. The third-order valence-corrected chi connectivity index (χ3v) is 6.25. The van der Waals surface area contributed by atoms with Crippen LogP contribution in [0, 0.1) is 0 Å². The SMILES string of the molecule is COCCNC[C@@H]1CCS[C@H](c2cccc(-c3ccc(Cl)cc3)c2)CN1. The third kappa shape index (κ3) is 5.73. The van der Waals surface area contributed by atoms with E-state index in [2.05, 4.69) is 58.8 Å². The molecule has 1 fully saturated rings. The van der Waals surface area contributed by atoms with Crippen LogP contribution in [0.5, 0.6) is 0 Å². The molecule has 2 N–H and O–H groups in total. The Kier molecular flexibility index (Phi) is 7.84. The van der Waals surface area contributed by atoms with Gasteiger partial charge in [0.2, 0.25) is 0 Å². The number of nitrogens with one attached hydrogen (secondary N) is 2. The number of hydrogen-bond acceptors (Lipinski definition) is 4. The second kappa shape index (κ2) is 10.3. The highest BCUT2D eigenvalue weighted by Crippen LogP contribution is 2.33. The summed E-state index contributed by atoms with van der Waals surface area (Å²) in [5.41, 5.74) is 3.85. The van der Waals surface area contributed by atoms with Crippen LogP contribution in [-0.2, 0) is 4.74 Å². The number of ether oxygens (including phenoxy) is 1. The molecule has 26 heavy (non-hydrogen) atoms. The zero-order valence-electron chi connectivity index (χ0n) is 15.2. The molecule has 1 heterocycles. The van der Waals surface area contributed by atoms with Crippen LogP contribution >= 0.6 is 23.4 Å². The molecule has 0 radical (unpaired) electrons. The Balaban J connectivity index is 1.60. The summed E-state index contributed by atoms with van der Waals surface area (Å²) in [5, 5.41) is 8.47. The molecule has 1 aliphatic heterocycles. The first-order valence-electron chi connectivity index (χ1n) is 9.17. The summed E-state index contributed by atoms with van der Waals surface area (Å²) in [6.45, 7) is 3.68. The van der Waals surface area contributed by atoms with Crippen LogP contribution in [0.2, 0.25) is 5.02 Å². The Bertz CT molecular complexity index is 680. The van der Waals surface area contributed by atoms with Gasteiger partial charge in [0.1, 0.15) is 0 Å². The van der Waals surface area contributed by atoms with E-state index in [4.69, 9.17) is 16.3 Å². The van der Waals surface area contributed by atoms with Crippen molar-refractivity contribution in [1.82, 2.24) is 10.6 Å². The normalized spacial score (nSPS) is 20.7. The van der Waals surface area contributed by atoms with Gasteiger partial charge in [-0.2, -0.15) is 11.8 Å². The molecule has 0 aromatic heterocycles. The van der Waals surface area contributed by atoms with Crippen molar-refractivity contribution >= 4 is 23.4 Å². The summed E-state index contributed by atoms with van der Waals surface area (Å²) in [6.07, 6.45) is 1.19. The fraction of sp³-hybridized carbons (Fsp3) is 0.429. The summed E-state index contributed by atoms with van der Waals surface area (Å²) in [7, 11) is 1.74. The Morgan fingerprint density at radius 3 is 2.85 bits per heavy atom. The van der Waals surface area contributed by atoms with Gasteiger partial charge in [-0.15, -0.1) is 0 Å². The Labute approximate surface area is 165 Å². The zero-order chi connectivity index (χ0) is 18.2. The van der Waals surface area contributed by atoms with Crippen LogP contribution in [0.1, 0.15) is 17.2 Å². The predicted octanol–water partition coefficient (Wildman–Crippen LogP) is 4.38. The molecule has 2 atom stereocenters. The van der Waals surface area contributed by atoms with Crippen molar-refractivity contribution in [2.45, 2.75) is 17.7 Å². The van der Waals surface area contributed by atoms with Gasteiger partial charge >= 0.3 is 0 Å². The van der Waals surface area contributed by atoms with Crippen molar-refractivity contribution in [2.24, 2.45) is 0 Å². The first-order valence-corrected chi connectivity index (χ1v) is 10.6. The molecule has 0 unspecified atom stereocenters. The highest BCUT2D eigenvalue weighted by atomic mass is 35.5. The molecule has 1 aliphatic rings. The second-order valence-corrected chi connectivity index (χ2v) is 8.33. The maximum Gasteiger partial charge on any atom is 0.0587 e. The molecule has 3 nitrogen and oxygen atoms in total. The lowest BCUT2D eigenvalue weighted by Crippen LogP contribution is -2.40. The van der Waals surface area contributed by atoms with Crippen molar-refractivity contribution < 1.29 is 4.74 Å². The molecule has 0 spiro atoms. The van der Waals surface area contributed by atoms with E-state index in [0.29, 0.717) is 11.3 Å². The number of rotatable bonds is 7. The lowest BCUT2D eigenvalue weighted by Gasteiger charge is -2.18. The van der Waals surface area contributed by atoms with Crippen molar-refractivity contribution in [3.63, 3.8) is 0 Å². The van der Waals surface area contributed by atoms with E-state index in [-0.39, 0.29) is 0 Å². The Morgan fingerprint density at radius 1 is 1.19 bits per heavy atom. The fourth-order valence-corrected chi connectivity index (χ4v) is 4.57. The van der Waals surface area contributed by atoms with E-state index in [1.54, 1.807) is 7.11 Å². The van der Waals surface area contributed by atoms with Gasteiger partial charge in [-0.25, -0.2) is 0 Å². The molecule has 0 amide bonds. The molecule has 5 heteroatoms. The topological polar surface area (TPSA) is 33.3 Å². The van der Waals surface area contributed by atoms with Crippen LogP contribution in [0.3, 0.4) is 0 Å². The molecule has 3 rings (SSSR count). The molecule has 1 saturated heterocycles. The number of methoxy groups -OCH3 is 1. The maximum absolute atomic E-state index is 6.01. The summed E-state index contributed by atoms with van der Waals surface area (Å²) in [6, 6.07) is 17.5. The first kappa shape index (κ1) is 19.7. The average molecular weight is 391 g/mol. The van der Waals surface area contributed by atoms with E-state index < -0.39 is 0 Å². The highest BCUT2D eigenvalue weighted by molar-refractivity contribution is 7.99. The first-order chi connectivity index (χ1) is 12.8. The van der Waals surface area contributed by atoms with Crippen LogP contribution in [0.15, 0.2) is 48.5 Å². The lowest BCUT2D eigenvalue weighted by molar-refractivity contribution is 0.198. The number of halogens is 1. The highest BCUT2D eigenvalue weighted by Gasteiger charge is 2.20. The summed E-state index contributed by atoms with van der Waals surface area (Å²) < 4.78 is 5.09. The lowest BCUT2D eigenvalue weighted by atomic mass is 10.0. The molecular weight excluding hydrogens is 364 g/mol. The summed E-state index contributed by atoms with van der Waals surface area (Å²) in [5.74, 6) is 1.18. The van der Waals surface area contributed by atoms with Gasteiger partial charge in [-0.05, 0) is 47.1 Å². The van der Waals surface area contributed by atoms with Gasteiger partial charge in [-0.3, -0.25) is 0 Å². The minimum Gasteiger partial charge on any atom is -0.383 e. The number of benzene rings is 2. The zero-order valence-corrected chi connectivity index (χ0v) is 16.8. The monoisotopic (exact) mass is 390 g/mol. The van der Waals surface area contributed by atoms with Gasteiger partial charge in [0.05, 0.1) is 6.61 Å². The largest absolute Gasteiger partial charge is 0.383 e. The molecule has 0 aliphatic carbocycles. The molecule has 2 aromatic carbocycles. The predicted molar refractivity (Wildman–Crippen MR) is 113 cm³/mol. The maximum atomic E-state index is 6.01. The summed E-state index contributed by atoms with van der Waals surface area (Å²) >= 11 is 8.07. The van der Waals surface area contributed by atoms with Gasteiger partial charge in [0.25, 0.3) is 0 Å². The second-order valence-electron chi connectivity index (χ2n) is 6.58. The standard InChI is InChI=1S/C21H27ClN2OS/c1-25-11-10-23-14-20-9-12-26-21(15-24-20)18-4-2-3-17(13-18)16-5-7-19(22)8-6-16/h2-8,13,20-21,23-24H,9-12,14-15H2,1H3/t20-,21-/m0/s1. The van der Waals surface area contributed by atoms with Crippen LogP contribution in [0.25, 0.3) is 11.1 Å². The molecule has 2 aromatic rings. The van der Waals surface area contributed by atoms with E-state index in [1.165, 1.54) is 28.9 Å². The van der Waals surface area contributed by atoms with E-state index in [0.717, 1.165) is 31.3 Å². The van der Waals surface area contributed by atoms with Crippen LogP contribution < -0.4 is 10.6 Å². The van der Waals surface area contributed by atoms with E-state index in [9.17, 15) is 0 Å². The average Bonchev–Trinajstić information content (AvgIpc) is 2.92. The Morgan fingerprint density at radius 2 is 2.04 bits per heavy atom. The quantitative estimate of drug-likeness (QED) is 0.687. The van der Waals surface area contributed by atoms with Crippen molar-refractivity contribution in [2.75, 3.05) is 39.1 Å². The van der Waals surface area contributed by atoms with Crippen LogP contribution in [0.4, 0.5) is 0 Å². The minimum absolute atomic E-state index is 0.492. The van der Waals surface area contributed by atoms with Gasteiger partial charge in [0, 0.05) is 43.1 Å². The van der Waals surface area contributed by atoms with E-state index >= 15 is 0 Å². The Hall–Kier alpha value is -1.04. The van der Waals surface area contributed by atoms with Crippen molar-refractivity contribution in [1.29, 1.82) is 0 Å². The fourth-order valence-electron chi connectivity index (χ4n) is 3.19. The smallest absolute Gasteiger partial charge is 0.0587 e. The van der Waals surface area contributed by atoms with Crippen LogP contribution in [-0.4, -0.2) is 45.1 Å². The summed E-state index contributed by atoms with van der Waals surface area (Å²) in [4.78, 5) is 0. The van der Waals surface area contributed by atoms with Gasteiger partial charge < -0.3 is 15.4 Å². The molecule has 140 valence electrons. The molecule has 0 saturated carbocycles.